The number of hydrogen-bond donors (Lipinski definition) is 1. The third kappa shape index (κ3) is 5.11. The molecule has 1 aromatic heterocycles. The predicted molar refractivity (Wildman–Crippen MR) is 131 cm³/mol. The molecule has 0 saturated carbocycles. The molecule has 8 nitrogen and oxygen atoms in total. The van der Waals surface area contributed by atoms with Gasteiger partial charge in [0.25, 0.3) is 11.7 Å². The number of hydrogen-bond acceptors (Lipinski definition) is 6. The summed E-state index contributed by atoms with van der Waals surface area (Å²) in [4.78, 5) is 31.9. The van der Waals surface area contributed by atoms with Gasteiger partial charge < -0.3 is 24.0 Å². The second-order valence-corrected chi connectivity index (χ2v) is 8.05. The Bertz CT molecular complexity index is 1230. The third-order valence-corrected chi connectivity index (χ3v) is 5.82. The van der Waals surface area contributed by atoms with Gasteiger partial charge in [-0.15, -0.1) is 0 Å². The molecule has 0 unspecified atom stereocenters. The molecule has 1 N–H and O–H groups in total. The minimum atomic E-state index is -0.757. The number of carbonyl (C=O) groups is 2. The molecule has 0 radical (unpaired) electrons. The highest BCUT2D eigenvalue weighted by Gasteiger charge is 2.45. The smallest absolute Gasteiger partial charge is 0.295 e. The van der Waals surface area contributed by atoms with E-state index in [0.29, 0.717) is 48.7 Å². The van der Waals surface area contributed by atoms with E-state index in [-0.39, 0.29) is 11.3 Å². The van der Waals surface area contributed by atoms with Crippen molar-refractivity contribution in [1.82, 2.24) is 14.5 Å². The molecule has 0 aliphatic carbocycles. The lowest BCUT2D eigenvalue weighted by Crippen LogP contribution is -2.31. The van der Waals surface area contributed by atoms with E-state index in [4.69, 9.17) is 9.47 Å². The van der Waals surface area contributed by atoms with Crippen molar-refractivity contribution < 1.29 is 24.2 Å². The van der Waals surface area contributed by atoms with E-state index in [1.54, 1.807) is 68.2 Å². The van der Waals surface area contributed by atoms with Gasteiger partial charge in [-0.3, -0.25) is 9.59 Å². The first-order valence-corrected chi connectivity index (χ1v) is 11.3. The van der Waals surface area contributed by atoms with Crippen LogP contribution in [0.15, 0.2) is 85.5 Å². The number of nitrogens with zero attached hydrogens (tertiary/aromatic N) is 3. The van der Waals surface area contributed by atoms with E-state index in [1.807, 2.05) is 16.8 Å². The first kappa shape index (κ1) is 23.8. The Morgan fingerprint density at radius 2 is 1.94 bits per heavy atom. The SMILES string of the molecule is C=CCOc1cccc([C@H]2C(=C(O)c3ccc(OC)cc3)C(=O)C(=O)N2CCCn2ccnc2)c1. The zero-order chi connectivity index (χ0) is 24.8. The Kier molecular flexibility index (Phi) is 7.30. The number of ketones is 1. The van der Waals surface area contributed by atoms with E-state index < -0.39 is 17.7 Å². The molecule has 0 spiro atoms. The second-order valence-electron chi connectivity index (χ2n) is 8.05. The molecule has 1 amide bonds. The van der Waals surface area contributed by atoms with Gasteiger partial charge in [-0.25, -0.2) is 4.98 Å². The fourth-order valence-corrected chi connectivity index (χ4v) is 4.13. The summed E-state index contributed by atoms with van der Waals surface area (Å²) < 4.78 is 12.8. The summed E-state index contributed by atoms with van der Waals surface area (Å²) in [5, 5.41) is 11.2. The fraction of sp³-hybridized carbons (Fsp3) is 0.222. The Morgan fingerprint density at radius 3 is 2.63 bits per heavy atom. The number of rotatable bonds is 10. The molecule has 4 rings (SSSR count). The standard InChI is InChI=1S/C27H27N3O5/c1-3-16-35-22-7-4-6-20(17-22)24-23(25(31)19-8-10-21(34-2)11-9-19)26(32)27(33)30(24)14-5-13-29-15-12-28-18-29/h3-4,6-12,15,17-18,24,31H,1,5,13-14,16H2,2H3/t24-/m0/s1. The number of imidazole rings is 1. The topological polar surface area (TPSA) is 93.9 Å². The Labute approximate surface area is 203 Å². The number of Topliss-reactive ketones (excluding diaryl/α,β-unsaturated/α-hetero) is 1. The van der Waals surface area contributed by atoms with Gasteiger partial charge in [0.05, 0.1) is 25.1 Å². The molecule has 2 aromatic carbocycles. The van der Waals surface area contributed by atoms with Crippen LogP contribution in [-0.4, -0.2) is 51.5 Å². The number of aliphatic hydroxyl groups excluding tert-OH is 1. The van der Waals surface area contributed by atoms with Gasteiger partial charge in [0.1, 0.15) is 23.9 Å². The highest BCUT2D eigenvalue weighted by atomic mass is 16.5. The molecule has 180 valence electrons. The normalized spacial score (nSPS) is 16.9. The number of aryl methyl sites for hydroxylation is 1. The molecule has 1 atom stereocenters. The summed E-state index contributed by atoms with van der Waals surface area (Å²) in [7, 11) is 1.55. The Hall–Kier alpha value is -4.33. The van der Waals surface area contributed by atoms with E-state index in [0.717, 1.165) is 0 Å². The number of amides is 1. The predicted octanol–water partition coefficient (Wildman–Crippen LogP) is 3.97. The lowest BCUT2D eigenvalue weighted by atomic mass is 9.95. The minimum absolute atomic E-state index is 0.0451. The quantitative estimate of drug-likeness (QED) is 0.207. The van der Waals surface area contributed by atoms with Gasteiger partial charge in [-0.1, -0.05) is 24.8 Å². The monoisotopic (exact) mass is 473 g/mol. The number of aliphatic hydroxyl groups is 1. The van der Waals surface area contributed by atoms with Gasteiger partial charge >= 0.3 is 0 Å². The molecular weight excluding hydrogens is 446 g/mol. The maximum Gasteiger partial charge on any atom is 0.295 e. The first-order valence-electron chi connectivity index (χ1n) is 11.3. The summed E-state index contributed by atoms with van der Waals surface area (Å²) >= 11 is 0. The lowest BCUT2D eigenvalue weighted by molar-refractivity contribution is -0.139. The van der Waals surface area contributed by atoms with Crippen LogP contribution in [0.25, 0.3) is 5.76 Å². The largest absolute Gasteiger partial charge is 0.507 e. The molecule has 2 heterocycles. The second kappa shape index (κ2) is 10.7. The molecule has 35 heavy (non-hydrogen) atoms. The average molecular weight is 474 g/mol. The van der Waals surface area contributed by atoms with E-state index in [1.165, 1.54) is 4.90 Å². The van der Waals surface area contributed by atoms with Crippen LogP contribution < -0.4 is 9.47 Å². The third-order valence-electron chi connectivity index (χ3n) is 5.82. The van der Waals surface area contributed by atoms with E-state index in [9.17, 15) is 14.7 Å². The van der Waals surface area contributed by atoms with Crippen LogP contribution >= 0.6 is 0 Å². The summed E-state index contributed by atoms with van der Waals surface area (Å²) in [6.07, 6.45) is 7.48. The van der Waals surface area contributed by atoms with Crippen molar-refractivity contribution in [2.45, 2.75) is 19.0 Å². The molecule has 3 aromatic rings. The van der Waals surface area contributed by atoms with Gasteiger partial charge in [0.15, 0.2) is 0 Å². The van der Waals surface area contributed by atoms with Crippen LogP contribution in [0.1, 0.15) is 23.6 Å². The summed E-state index contributed by atoms with van der Waals surface area (Å²) in [5.41, 5.74) is 1.14. The maximum absolute atomic E-state index is 13.2. The zero-order valence-corrected chi connectivity index (χ0v) is 19.5. The summed E-state index contributed by atoms with van der Waals surface area (Å²) in [6.45, 7) is 4.94. The number of ether oxygens (including phenoxy) is 2. The molecule has 1 aliphatic heterocycles. The zero-order valence-electron chi connectivity index (χ0n) is 19.5. The van der Waals surface area contributed by atoms with Crippen molar-refractivity contribution in [2.75, 3.05) is 20.3 Å². The van der Waals surface area contributed by atoms with Crippen LogP contribution in [0, 0.1) is 0 Å². The Balaban J connectivity index is 1.73. The van der Waals surface area contributed by atoms with Gasteiger partial charge in [-0.2, -0.15) is 0 Å². The van der Waals surface area contributed by atoms with Crippen molar-refractivity contribution in [3.8, 4) is 11.5 Å². The van der Waals surface area contributed by atoms with Gasteiger partial charge in [0, 0.05) is 31.0 Å². The molecule has 1 aliphatic rings. The number of likely N-dealkylation sites (tertiary alicyclic amines) is 1. The molecule has 0 bridgehead atoms. The van der Waals surface area contributed by atoms with Crippen LogP contribution in [0.4, 0.5) is 0 Å². The first-order chi connectivity index (χ1) is 17.0. The maximum atomic E-state index is 13.2. The summed E-state index contributed by atoms with van der Waals surface area (Å²) in [5.74, 6) is -0.400. The van der Waals surface area contributed by atoms with E-state index in [2.05, 4.69) is 11.6 Å². The molecule has 8 heteroatoms. The highest BCUT2D eigenvalue weighted by molar-refractivity contribution is 6.46. The van der Waals surface area contributed by atoms with Crippen LogP contribution in [-0.2, 0) is 16.1 Å². The van der Waals surface area contributed by atoms with Crippen molar-refractivity contribution >= 4 is 17.4 Å². The van der Waals surface area contributed by atoms with Crippen molar-refractivity contribution in [3.05, 3.63) is 96.6 Å². The fourth-order valence-electron chi connectivity index (χ4n) is 4.13. The minimum Gasteiger partial charge on any atom is -0.507 e. The van der Waals surface area contributed by atoms with Crippen LogP contribution in [0.2, 0.25) is 0 Å². The Morgan fingerprint density at radius 1 is 1.14 bits per heavy atom. The number of aromatic nitrogens is 2. The molecule has 1 fully saturated rings. The van der Waals surface area contributed by atoms with Crippen LogP contribution in [0.5, 0.6) is 11.5 Å². The number of carbonyl (C=O) groups excluding carboxylic acids is 2. The van der Waals surface area contributed by atoms with Crippen molar-refractivity contribution in [3.63, 3.8) is 0 Å². The van der Waals surface area contributed by atoms with E-state index >= 15 is 0 Å². The lowest BCUT2D eigenvalue weighted by Gasteiger charge is -2.25. The van der Waals surface area contributed by atoms with Gasteiger partial charge in [-0.05, 0) is 48.4 Å². The average Bonchev–Trinajstić information content (AvgIpc) is 3.49. The van der Waals surface area contributed by atoms with Crippen molar-refractivity contribution in [2.24, 2.45) is 0 Å². The number of methoxy groups -OCH3 is 1. The summed E-state index contributed by atoms with van der Waals surface area (Å²) in [6, 6.07) is 13.1. The number of benzene rings is 2. The highest BCUT2D eigenvalue weighted by Crippen LogP contribution is 2.40. The molecular formula is C27H27N3O5. The molecule has 1 saturated heterocycles. The van der Waals surface area contributed by atoms with Gasteiger partial charge in [0.2, 0.25) is 0 Å². The van der Waals surface area contributed by atoms with Crippen molar-refractivity contribution in [1.29, 1.82) is 0 Å². The van der Waals surface area contributed by atoms with Crippen LogP contribution in [0.3, 0.4) is 0 Å².